The van der Waals surface area contributed by atoms with Gasteiger partial charge in [-0.1, -0.05) is 23.7 Å². The Morgan fingerprint density at radius 3 is 2.72 bits per heavy atom. The van der Waals surface area contributed by atoms with E-state index in [1.54, 1.807) is 18.2 Å². The average molecular weight is 266 g/mol. The quantitative estimate of drug-likeness (QED) is 0.630. The molecule has 0 unspecified atom stereocenters. The molecule has 3 nitrogen and oxygen atoms in total. The minimum absolute atomic E-state index is 0.0489. The van der Waals surface area contributed by atoms with Gasteiger partial charge in [0.25, 0.3) is 0 Å². The maximum atomic E-state index is 13.2. The summed E-state index contributed by atoms with van der Waals surface area (Å²) in [5.74, 6) is -0.741. The number of ether oxygens (including phenoxy) is 1. The number of Topliss-reactive ketones (excluding diaryl/α,β-unsaturated/α-hetero) is 1. The molecule has 0 N–H and O–H groups in total. The first-order valence-corrected chi connectivity index (χ1v) is 5.56. The van der Waals surface area contributed by atoms with Crippen molar-refractivity contribution >= 4 is 17.4 Å². The Kier molecular flexibility index (Phi) is 3.89. The van der Waals surface area contributed by atoms with E-state index in [1.807, 2.05) is 0 Å². The molecule has 0 aliphatic carbocycles. The van der Waals surface area contributed by atoms with Crippen LogP contribution in [-0.4, -0.2) is 17.4 Å². The summed E-state index contributed by atoms with van der Waals surface area (Å²) in [6, 6.07) is 8.96. The van der Waals surface area contributed by atoms with Gasteiger partial charge in [0.1, 0.15) is 5.15 Å². The number of halogens is 2. The molecule has 0 aliphatic heterocycles. The predicted octanol–water partition coefficient (Wildman–Crippen LogP) is 3.14. The number of rotatable bonds is 4. The minimum atomic E-state index is -0.500. The van der Waals surface area contributed by atoms with Gasteiger partial charge in [0, 0.05) is 11.8 Å². The Hall–Kier alpha value is -1.94. The van der Waals surface area contributed by atoms with Crippen LogP contribution in [0.1, 0.15) is 10.4 Å². The third-order valence-corrected chi connectivity index (χ3v) is 2.47. The second-order valence-corrected chi connectivity index (χ2v) is 3.90. The monoisotopic (exact) mass is 265 g/mol. The number of aromatic nitrogens is 1. The Labute approximate surface area is 108 Å². The van der Waals surface area contributed by atoms with E-state index in [2.05, 4.69) is 4.98 Å². The maximum Gasteiger partial charge on any atom is 0.201 e. The first-order valence-electron chi connectivity index (χ1n) is 5.19. The molecular weight excluding hydrogens is 257 g/mol. The van der Waals surface area contributed by atoms with Crippen LogP contribution in [0.3, 0.4) is 0 Å². The van der Waals surface area contributed by atoms with Gasteiger partial charge in [0.2, 0.25) is 5.78 Å². The Bertz CT molecular complexity index is 557. The molecule has 2 aromatic rings. The molecule has 5 heteroatoms. The van der Waals surface area contributed by atoms with Crippen LogP contribution in [0, 0.1) is 5.82 Å². The molecule has 0 fully saturated rings. The van der Waals surface area contributed by atoms with Crippen LogP contribution in [0.25, 0.3) is 0 Å². The molecular formula is C13H9ClFNO2. The average Bonchev–Trinajstić information content (AvgIpc) is 2.38. The third-order valence-electron chi connectivity index (χ3n) is 2.24. The van der Waals surface area contributed by atoms with Crippen LogP contribution in [0.4, 0.5) is 4.39 Å². The summed E-state index contributed by atoms with van der Waals surface area (Å²) in [7, 11) is 0. The topological polar surface area (TPSA) is 39.2 Å². The standard InChI is InChI=1S/C13H9ClFNO2/c14-13-6-5-9(7-16-13)11(17)8-18-12-4-2-1-3-10(12)15/h1-7H,8H2. The smallest absolute Gasteiger partial charge is 0.201 e. The number of ketones is 1. The summed E-state index contributed by atoms with van der Waals surface area (Å²) >= 11 is 5.61. The maximum absolute atomic E-state index is 13.2. The SMILES string of the molecule is O=C(COc1ccccc1F)c1ccc(Cl)nc1. The fraction of sp³-hybridized carbons (Fsp3) is 0.0769. The second-order valence-electron chi connectivity index (χ2n) is 3.51. The van der Waals surface area contributed by atoms with E-state index in [-0.39, 0.29) is 18.1 Å². The summed E-state index contributed by atoms with van der Waals surface area (Å²) in [4.78, 5) is 15.5. The highest BCUT2D eigenvalue weighted by Gasteiger charge is 2.09. The zero-order valence-corrected chi connectivity index (χ0v) is 10.0. The van der Waals surface area contributed by atoms with E-state index < -0.39 is 5.82 Å². The molecule has 0 atom stereocenters. The number of hydrogen-bond acceptors (Lipinski definition) is 3. The first kappa shape index (κ1) is 12.5. The lowest BCUT2D eigenvalue weighted by molar-refractivity contribution is 0.0918. The summed E-state index contributed by atoms with van der Waals surface area (Å²) in [5.41, 5.74) is 0.371. The largest absolute Gasteiger partial charge is 0.482 e. The van der Waals surface area contributed by atoms with Gasteiger partial charge in [0.15, 0.2) is 18.2 Å². The number of carbonyl (C=O) groups excluding carboxylic acids is 1. The molecule has 1 heterocycles. The lowest BCUT2D eigenvalue weighted by Crippen LogP contribution is -2.12. The van der Waals surface area contributed by atoms with Crippen LogP contribution in [0.5, 0.6) is 5.75 Å². The van der Waals surface area contributed by atoms with Gasteiger partial charge >= 0.3 is 0 Å². The molecule has 0 aliphatic rings. The summed E-state index contributed by atoms with van der Waals surface area (Å²) in [6.45, 7) is -0.246. The van der Waals surface area contributed by atoms with E-state index in [1.165, 1.54) is 24.4 Å². The fourth-order valence-corrected chi connectivity index (χ4v) is 1.44. The van der Waals surface area contributed by atoms with Gasteiger partial charge in [-0.3, -0.25) is 4.79 Å². The van der Waals surface area contributed by atoms with Gasteiger partial charge in [-0.2, -0.15) is 0 Å². The van der Waals surface area contributed by atoms with E-state index in [4.69, 9.17) is 16.3 Å². The van der Waals surface area contributed by atoms with Gasteiger partial charge in [-0.15, -0.1) is 0 Å². The highest BCUT2D eigenvalue weighted by atomic mass is 35.5. The zero-order valence-electron chi connectivity index (χ0n) is 9.27. The fourth-order valence-electron chi connectivity index (χ4n) is 1.33. The first-order chi connectivity index (χ1) is 8.66. The number of hydrogen-bond donors (Lipinski definition) is 0. The molecule has 0 saturated carbocycles. The minimum Gasteiger partial charge on any atom is -0.482 e. The molecule has 2 rings (SSSR count). The Morgan fingerprint density at radius 2 is 2.06 bits per heavy atom. The van der Waals surface area contributed by atoms with Crippen molar-refractivity contribution in [2.45, 2.75) is 0 Å². The van der Waals surface area contributed by atoms with Crippen molar-refractivity contribution in [1.82, 2.24) is 4.98 Å². The summed E-state index contributed by atoms with van der Waals surface area (Å²) < 4.78 is 18.3. The van der Waals surface area contributed by atoms with Crippen LogP contribution in [-0.2, 0) is 0 Å². The molecule has 0 bridgehead atoms. The van der Waals surface area contributed by atoms with Crippen molar-refractivity contribution in [3.05, 3.63) is 59.1 Å². The molecule has 1 aromatic heterocycles. The number of para-hydroxylation sites is 1. The number of carbonyl (C=O) groups is 1. The zero-order chi connectivity index (χ0) is 13.0. The molecule has 0 amide bonds. The van der Waals surface area contributed by atoms with Gasteiger partial charge < -0.3 is 4.74 Å². The van der Waals surface area contributed by atoms with Crippen LogP contribution in [0.2, 0.25) is 5.15 Å². The highest BCUT2D eigenvalue weighted by Crippen LogP contribution is 2.15. The van der Waals surface area contributed by atoms with Crippen molar-refractivity contribution in [1.29, 1.82) is 0 Å². The van der Waals surface area contributed by atoms with Gasteiger partial charge in [0.05, 0.1) is 0 Å². The highest BCUT2D eigenvalue weighted by molar-refractivity contribution is 6.29. The molecule has 0 saturated heterocycles. The van der Waals surface area contributed by atoms with E-state index in [0.29, 0.717) is 10.7 Å². The van der Waals surface area contributed by atoms with E-state index >= 15 is 0 Å². The molecule has 0 spiro atoms. The van der Waals surface area contributed by atoms with Crippen molar-refractivity contribution in [3.63, 3.8) is 0 Å². The van der Waals surface area contributed by atoms with Crippen molar-refractivity contribution in [3.8, 4) is 5.75 Å². The lowest BCUT2D eigenvalue weighted by Gasteiger charge is -2.06. The van der Waals surface area contributed by atoms with Crippen LogP contribution >= 0.6 is 11.6 Å². The number of pyridine rings is 1. The normalized spacial score (nSPS) is 10.1. The summed E-state index contributed by atoms with van der Waals surface area (Å²) in [6.07, 6.45) is 1.36. The molecule has 1 aromatic carbocycles. The van der Waals surface area contributed by atoms with Crippen molar-refractivity contribution in [2.24, 2.45) is 0 Å². The predicted molar refractivity (Wildman–Crippen MR) is 65.5 cm³/mol. The number of nitrogens with zero attached hydrogens (tertiary/aromatic N) is 1. The molecule has 18 heavy (non-hydrogen) atoms. The molecule has 92 valence electrons. The van der Waals surface area contributed by atoms with Gasteiger partial charge in [-0.25, -0.2) is 9.37 Å². The van der Waals surface area contributed by atoms with Crippen LogP contribution in [0.15, 0.2) is 42.6 Å². The van der Waals surface area contributed by atoms with Gasteiger partial charge in [-0.05, 0) is 24.3 Å². The second kappa shape index (κ2) is 5.60. The van der Waals surface area contributed by atoms with Crippen molar-refractivity contribution < 1.29 is 13.9 Å². The van der Waals surface area contributed by atoms with Crippen LogP contribution < -0.4 is 4.74 Å². The summed E-state index contributed by atoms with van der Waals surface area (Å²) in [5, 5.41) is 0.307. The van der Waals surface area contributed by atoms with E-state index in [0.717, 1.165) is 0 Å². The lowest BCUT2D eigenvalue weighted by atomic mass is 10.2. The number of benzene rings is 1. The van der Waals surface area contributed by atoms with E-state index in [9.17, 15) is 9.18 Å². The van der Waals surface area contributed by atoms with Crippen molar-refractivity contribution in [2.75, 3.05) is 6.61 Å². The Balaban J connectivity index is 2.01. The molecule has 0 radical (unpaired) electrons. The third kappa shape index (κ3) is 3.05. The Morgan fingerprint density at radius 1 is 1.28 bits per heavy atom.